The van der Waals surface area contributed by atoms with Gasteiger partial charge in [-0.1, -0.05) is 13.3 Å². The van der Waals surface area contributed by atoms with Crippen molar-refractivity contribution in [2.45, 2.75) is 58.9 Å². The van der Waals surface area contributed by atoms with Gasteiger partial charge in [0, 0.05) is 43.2 Å². The van der Waals surface area contributed by atoms with Crippen LogP contribution in [0.2, 0.25) is 0 Å². The lowest BCUT2D eigenvalue weighted by atomic mass is 10.0. The largest absolute Gasteiger partial charge is 0.357 e. The average molecular weight is 352 g/mol. The van der Waals surface area contributed by atoms with E-state index >= 15 is 0 Å². The molecule has 0 bridgehead atoms. The molecule has 0 aromatic carbocycles. The van der Waals surface area contributed by atoms with Gasteiger partial charge >= 0.3 is 0 Å². The lowest BCUT2D eigenvalue weighted by Crippen LogP contribution is -2.42. The fourth-order valence-corrected chi connectivity index (χ4v) is 4.04. The number of hydrogen-bond donors (Lipinski definition) is 2. The molecule has 6 heteroatoms. The van der Waals surface area contributed by atoms with Crippen molar-refractivity contribution in [1.29, 1.82) is 0 Å². The molecule has 1 aromatic rings. The molecule has 5 nitrogen and oxygen atoms in total. The number of aromatic nitrogens is 1. The minimum atomic E-state index is 0.762. The first-order valence-corrected chi connectivity index (χ1v) is 10.2. The molecule has 1 fully saturated rings. The van der Waals surface area contributed by atoms with Gasteiger partial charge in [-0.2, -0.15) is 0 Å². The Morgan fingerprint density at radius 3 is 2.96 bits per heavy atom. The van der Waals surface area contributed by atoms with Gasteiger partial charge in [0.25, 0.3) is 0 Å². The second kappa shape index (κ2) is 10.7. The summed E-state index contributed by atoms with van der Waals surface area (Å²) in [6.45, 7) is 11.5. The fraction of sp³-hybridized carbons (Fsp3) is 0.778. The summed E-state index contributed by atoms with van der Waals surface area (Å²) in [5.41, 5.74) is 0. The average Bonchev–Trinajstić information content (AvgIpc) is 3.00. The van der Waals surface area contributed by atoms with Crippen LogP contribution in [0.1, 0.15) is 49.4 Å². The summed E-state index contributed by atoms with van der Waals surface area (Å²) in [6.07, 6.45) is 8.24. The number of nitrogens with zero attached hydrogens (tertiary/aromatic N) is 3. The highest BCUT2D eigenvalue weighted by molar-refractivity contribution is 7.11. The van der Waals surface area contributed by atoms with Gasteiger partial charge < -0.3 is 10.6 Å². The Bertz CT molecular complexity index is 499. The molecule has 1 aliphatic rings. The van der Waals surface area contributed by atoms with Crippen LogP contribution in [0.15, 0.2) is 11.2 Å². The van der Waals surface area contributed by atoms with Crippen LogP contribution in [0.25, 0.3) is 0 Å². The number of piperidine rings is 1. The van der Waals surface area contributed by atoms with E-state index in [1.165, 1.54) is 42.1 Å². The third-order valence-corrected chi connectivity index (χ3v) is 5.49. The van der Waals surface area contributed by atoms with E-state index in [4.69, 9.17) is 4.99 Å². The van der Waals surface area contributed by atoms with Crippen LogP contribution in [0.5, 0.6) is 0 Å². The Kier molecular flexibility index (Phi) is 8.53. The maximum Gasteiger partial charge on any atom is 0.191 e. The molecule has 0 amide bonds. The van der Waals surface area contributed by atoms with E-state index in [-0.39, 0.29) is 0 Å². The number of nitrogens with one attached hydrogen (secondary N) is 2. The molecule has 2 N–H and O–H groups in total. The molecule has 2 rings (SSSR count). The van der Waals surface area contributed by atoms with Crippen molar-refractivity contribution in [3.63, 3.8) is 0 Å². The van der Waals surface area contributed by atoms with Crippen molar-refractivity contribution < 1.29 is 0 Å². The first-order valence-electron chi connectivity index (χ1n) is 9.40. The molecule has 24 heavy (non-hydrogen) atoms. The molecular formula is C18H33N5S. The lowest BCUT2D eigenvalue weighted by Gasteiger charge is -2.34. The topological polar surface area (TPSA) is 52.6 Å². The minimum absolute atomic E-state index is 0.762. The quantitative estimate of drug-likeness (QED) is 0.559. The zero-order valence-electron chi connectivity index (χ0n) is 15.5. The van der Waals surface area contributed by atoms with Crippen LogP contribution in [-0.2, 0) is 6.42 Å². The predicted octanol–water partition coefficient (Wildman–Crippen LogP) is 2.81. The van der Waals surface area contributed by atoms with Crippen LogP contribution in [0.3, 0.4) is 0 Å². The summed E-state index contributed by atoms with van der Waals surface area (Å²) < 4.78 is 0. The number of aryl methyl sites for hydroxylation is 1. The molecule has 0 saturated carbocycles. The minimum Gasteiger partial charge on any atom is -0.357 e. The van der Waals surface area contributed by atoms with Gasteiger partial charge in [-0.05, 0) is 39.7 Å². The van der Waals surface area contributed by atoms with Crippen LogP contribution < -0.4 is 10.6 Å². The maximum atomic E-state index is 4.75. The number of likely N-dealkylation sites (tertiary alicyclic amines) is 1. The smallest absolute Gasteiger partial charge is 0.191 e. The Hall–Kier alpha value is -1.14. The molecule has 1 saturated heterocycles. The third-order valence-electron chi connectivity index (χ3n) is 4.52. The zero-order chi connectivity index (χ0) is 17.2. The summed E-state index contributed by atoms with van der Waals surface area (Å²) in [5.74, 6) is 0.927. The molecule has 1 atom stereocenters. The number of thiazole rings is 1. The highest BCUT2D eigenvalue weighted by Gasteiger charge is 2.19. The number of hydrogen-bond acceptors (Lipinski definition) is 4. The summed E-state index contributed by atoms with van der Waals surface area (Å²) in [4.78, 5) is 13.1. The van der Waals surface area contributed by atoms with Crippen LogP contribution in [0, 0.1) is 6.92 Å². The van der Waals surface area contributed by atoms with E-state index in [2.05, 4.69) is 41.3 Å². The molecule has 0 radical (unpaired) electrons. The summed E-state index contributed by atoms with van der Waals surface area (Å²) in [5, 5.41) is 7.96. The van der Waals surface area contributed by atoms with E-state index in [0.29, 0.717) is 0 Å². The first kappa shape index (κ1) is 19.2. The van der Waals surface area contributed by atoms with Gasteiger partial charge in [0.05, 0.1) is 11.6 Å². The van der Waals surface area contributed by atoms with Crippen LogP contribution in [-0.4, -0.2) is 54.6 Å². The van der Waals surface area contributed by atoms with Crippen molar-refractivity contribution in [3.8, 4) is 0 Å². The van der Waals surface area contributed by atoms with Gasteiger partial charge in [-0.15, -0.1) is 11.3 Å². The Morgan fingerprint density at radius 1 is 1.38 bits per heavy atom. The second-order valence-electron chi connectivity index (χ2n) is 6.40. The summed E-state index contributed by atoms with van der Waals surface area (Å²) >= 11 is 1.77. The molecule has 1 aromatic heterocycles. The SMILES string of the molecule is CCNC(=NCCN1CCCCC1CC)NCCc1ncc(C)s1. The predicted molar refractivity (Wildman–Crippen MR) is 104 cm³/mol. The van der Waals surface area contributed by atoms with Gasteiger partial charge in [0.1, 0.15) is 0 Å². The highest BCUT2D eigenvalue weighted by atomic mass is 32.1. The standard InChI is InChI=1S/C18H33N5S/c1-4-16-8-6-7-12-23(16)13-11-21-18(19-5-2)20-10-9-17-22-14-15(3)24-17/h14,16H,4-13H2,1-3H3,(H2,19,20,21). The maximum absolute atomic E-state index is 4.75. The summed E-state index contributed by atoms with van der Waals surface area (Å²) in [6, 6.07) is 0.762. The van der Waals surface area contributed by atoms with Crippen molar-refractivity contribution in [1.82, 2.24) is 20.5 Å². The van der Waals surface area contributed by atoms with Gasteiger partial charge in [-0.3, -0.25) is 9.89 Å². The van der Waals surface area contributed by atoms with E-state index in [0.717, 1.165) is 44.6 Å². The van der Waals surface area contributed by atoms with Crippen LogP contribution in [0.4, 0.5) is 0 Å². The van der Waals surface area contributed by atoms with E-state index in [1.807, 2.05) is 6.20 Å². The zero-order valence-corrected chi connectivity index (χ0v) is 16.3. The van der Waals surface area contributed by atoms with Crippen molar-refractivity contribution in [2.75, 3.05) is 32.7 Å². The molecule has 136 valence electrons. The van der Waals surface area contributed by atoms with E-state index < -0.39 is 0 Å². The number of guanidine groups is 1. The van der Waals surface area contributed by atoms with Crippen molar-refractivity contribution >= 4 is 17.3 Å². The number of rotatable bonds is 8. The summed E-state index contributed by atoms with van der Waals surface area (Å²) in [7, 11) is 0. The van der Waals surface area contributed by atoms with Gasteiger partial charge in [0.2, 0.25) is 0 Å². The molecule has 1 aliphatic heterocycles. The molecule has 0 aliphatic carbocycles. The van der Waals surface area contributed by atoms with E-state index in [1.54, 1.807) is 11.3 Å². The van der Waals surface area contributed by atoms with Crippen molar-refractivity contribution in [2.24, 2.45) is 4.99 Å². The Morgan fingerprint density at radius 2 is 2.25 bits per heavy atom. The van der Waals surface area contributed by atoms with Gasteiger partial charge in [0.15, 0.2) is 5.96 Å². The Balaban J connectivity index is 1.74. The van der Waals surface area contributed by atoms with Gasteiger partial charge in [-0.25, -0.2) is 4.98 Å². The van der Waals surface area contributed by atoms with E-state index in [9.17, 15) is 0 Å². The first-order chi connectivity index (χ1) is 11.7. The number of aliphatic imine (C=N–C) groups is 1. The fourth-order valence-electron chi connectivity index (χ4n) is 3.25. The molecule has 2 heterocycles. The normalized spacial score (nSPS) is 19.5. The van der Waals surface area contributed by atoms with Crippen LogP contribution >= 0.6 is 11.3 Å². The lowest BCUT2D eigenvalue weighted by molar-refractivity contribution is 0.148. The molecule has 1 unspecified atom stereocenters. The Labute approximate surface area is 151 Å². The highest BCUT2D eigenvalue weighted by Crippen LogP contribution is 2.18. The molecular weight excluding hydrogens is 318 g/mol. The van der Waals surface area contributed by atoms with Crippen molar-refractivity contribution in [3.05, 3.63) is 16.1 Å². The molecule has 0 spiro atoms. The second-order valence-corrected chi connectivity index (χ2v) is 7.72. The third kappa shape index (κ3) is 6.40. The monoisotopic (exact) mass is 351 g/mol.